The standard InChI is InChI=1S/C25H22ClN3O3S/c1-29(2)19-8-12-24-17(14-19)7-11-23(28-24)16-5-4-6-18(13-16)27-25(30)21-10-9-20(15-22(21)26)33(3,31)32/h4-15H,1-3H3,(H,27,30). The summed E-state index contributed by atoms with van der Waals surface area (Å²) < 4.78 is 23.4. The Hall–Kier alpha value is -3.42. The number of fused-ring (bicyclic) bond motifs is 1. The third-order valence-corrected chi connectivity index (χ3v) is 6.64. The first-order valence-electron chi connectivity index (χ1n) is 10.1. The summed E-state index contributed by atoms with van der Waals surface area (Å²) in [6.45, 7) is 0. The van der Waals surface area contributed by atoms with Crippen molar-refractivity contribution in [3.63, 3.8) is 0 Å². The predicted octanol–water partition coefficient (Wildman–Crippen LogP) is 5.28. The second-order valence-corrected chi connectivity index (χ2v) is 10.3. The molecule has 0 bridgehead atoms. The molecule has 0 aliphatic heterocycles. The molecule has 1 aromatic heterocycles. The van der Waals surface area contributed by atoms with Crippen LogP contribution in [-0.4, -0.2) is 39.7 Å². The van der Waals surface area contributed by atoms with E-state index in [1.54, 1.807) is 6.07 Å². The molecule has 6 nitrogen and oxygen atoms in total. The normalized spacial score (nSPS) is 11.4. The Morgan fingerprint density at radius 1 is 0.970 bits per heavy atom. The molecule has 1 heterocycles. The van der Waals surface area contributed by atoms with E-state index in [9.17, 15) is 13.2 Å². The Morgan fingerprint density at radius 3 is 2.45 bits per heavy atom. The fraction of sp³-hybridized carbons (Fsp3) is 0.120. The summed E-state index contributed by atoms with van der Waals surface area (Å²) in [5.41, 5.74) is 4.38. The molecule has 0 spiro atoms. The van der Waals surface area contributed by atoms with Crippen molar-refractivity contribution in [2.75, 3.05) is 30.6 Å². The van der Waals surface area contributed by atoms with Crippen LogP contribution in [0.4, 0.5) is 11.4 Å². The van der Waals surface area contributed by atoms with Gasteiger partial charge in [0.2, 0.25) is 0 Å². The quantitative estimate of drug-likeness (QED) is 0.421. The molecule has 0 aliphatic carbocycles. The first-order chi connectivity index (χ1) is 15.6. The molecular weight excluding hydrogens is 458 g/mol. The second-order valence-electron chi connectivity index (χ2n) is 7.92. The molecule has 0 saturated heterocycles. The van der Waals surface area contributed by atoms with E-state index in [1.807, 2.05) is 61.5 Å². The number of nitrogens with zero attached hydrogens (tertiary/aromatic N) is 2. The molecule has 4 rings (SSSR count). The smallest absolute Gasteiger partial charge is 0.257 e. The first kappa shape index (κ1) is 22.8. The monoisotopic (exact) mass is 479 g/mol. The number of hydrogen-bond acceptors (Lipinski definition) is 5. The fourth-order valence-corrected chi connectivity index (χ4v) is 4.40. The number of carbonyl (C=O) groups is 1. The number of halogens is 1. The summed E-state index contributed by atoms with van der Waals surface area (Å²) in [4.78, 5) is 19.6. The summed E-state index contributed by atoms with van der Waals surface area (Å²) in [6, 6.07) is 21.5. The number of anilines is 2. The van der Waals surface area contributed by atoms with E-state index in [0.717, 1.165) is 34.1 Å². The number of rotatable bonds is 5. The zero-order valence-electron chi connectivity index (χ0n) is 18.3. The van der Waals surface area contributed by atoms with E-state index in [1.165, 1.54) is 18.2 Å². The van der Waals surface area contributed by atoms with Gasteiger partial charge in [0.15, 0.2) is 9.84 Å². The van der Waals surface area contributed by atoms with E-state index in [0.29, 0.717) is 5.69 Å². The summed E-state index contributed by atoms with van der Waals surface area (Å²) >= 11 is 6.17. The molecule has 0 atom stereocenters. The van der Waals surface area contributed by atoms with Crippen molar-refractivity contribution < 1.29 is 13.2 Å². The van der Waals surface area contributed by atoms with Crippen LogP contribution in [0.15, 0.2) is 77.7 Å². The Bertz CT molecular complexity index is 1480. The summed E-state index contributed by atoms with van der Waals surface area (Å²) in [5.74, 6) is -0.431. The molecule has 1 N–H and O–H groups in total. The maximum Gasteiger partial charge on any atom is 0.257 e. The second kappa shape index (κ2) is 8.84. The largest absolute Gasteiger partial charge is 0.378 e. The van der Waals surface area contributed by atoms with Crippen molar-refractivity contribution >= 4 is 49.6 Å². The molecule has 0 saturated carbocycles. The fourth-order valence-electron chi connectivity index (χ4n) is 3.42. The van der Waals surface area contributed by atoms with Crippen LogP contribution in [0.5, 0.6) is 0 Å². The summed E-state index contributed by atoms with van der Waals surface area (Å²) in [5, 5.41) is 3.93. The minimum Gasteiger partial charge on any atom is -0.378 e. The van der Waals surface area contributed by atoms with E-state index in [4.69, 9.17) is 16.6 Å². The van der Waals surface area contributed by atoms with Gasteiger partial charge in [-0.1, -0.05) is 29.8 Å². The summed E-state index contributed by atoms with van der Waals surface area (Å²) in [6.07, 6.45) is 1.09. The Balaban J connectivity index is 1.59. The highest BCUT2D eigenvalue weighted by Crippen LogP contribution is 2.27. The van der Waals surface area contributed by atoms with Gasteiger partial charge in [-0.25, -0.2) is 13.4 Å². The van der Waals surface area contributed by atoms with E-state index in [-0.39, 0.29) is 15.5 Å². The molecule has 8 heteroatoms. The number of nitrogens with one attached hydrogen (secondary N) is 1. The number of amides is 1. The molecular formula is C25H22ClN3O3S. The van der Waals surface area contributed by atoms with Crippen LogP contribution in [0.1, 0.15) is 10.4 Å². The van der Waals surface area contributed by atoms with Crippen LogP contribution >= 0.6 is 11.6 Å². The molecule has 0 radical (unpaired) electrons. The number of aromatic nitrogens is 1. The third kappa shape index (κ3) is 4.99. The van der Waals surface area contributed by atoms with Gasteiger partial charge in [0.05, 0.1) is 26.7 Å². The van der Waals surface area contributed by atoms with Crippen LogP contribution in [0, 0.1) is 0 Å². The Labute approximate surface area is 197 Å². The van der Waals surface area contributed by atoms with Crippen LogP contribution in [0.3, 0.4) is 0 Å². The lowest BCUT2D eigenvalue weighted by atomic mass is 10.1. The van der Waals surface area contributed by atoms with Crippen LogP contribution in [0.2, 0.25) is 5.02 Å². The van der Waals surface area contributed by atoms with Crippen molar-refractivity contribution in [1.29, 1.82) is 0 Å². The molecule has 1 amide bonds. The highest BCUT2D eigenvalue weighted by atomic mass is 35.5. The van der Waals surface area contributed by atoms with Crippen molar-refractivity contribution in [2.24, 2.45) is 0 Å². The third-order valence-electron chi connectivity index (χ3n) is 5.22. The molecule has 4 aromatic rings. The van der Waals surface area contributed by atoms with Gasteiger partial charge in [-0.05, 0) is 54.6 Å². The number of sulfone groups is 1. The number of hydrogen-bond donors (Lipinski definition) is 1. The zero-order chi connectivity index (χ0) is 23.8. The predicted molar refractivity (Wildman–Crippen MR) is 134 cm³/mol. The van der Waals surface area contributed by atoms with Crippen molar-refractivity contribution in [1.82, 2.24) is 4.98 Å². The van der Waals surface area contributed by atoms with Gasteiger partial charge in [-0.2, -0.15) is 0 Å². The molecule has 168 valence electrons. The molecule has 33 heavy (non-hydrogen) atoms. The maximum atomic E-state index is 12.7. The minimum absolute atomic E-state index is 0.0612. The van der Waals surface area contributed by atoms with Crippen LogP contribution in [-0.2, 0) is 9.84 Å². The average molecular weight is 480 g/mol. The van der Waals surface area contributed by atoms with Gasteiger partial charge in [-0.15, -0.1) is 0 Å². The first-order valence-corrected chi connectivity index (χ1v) is 12.4. The van der Waals surface area contributed by atoms with Crippen molar-refractivity contribution in [3.8, 4) is 11.3 Å². The van der Waals surface area contributed by atoms with Crippen molar-refractivity contribution in [3.05, 3.63) is 83.4 Å². The molecule has 0 unspecified atom stereocenters. The minimum atomic E-state index is -3.41. The molecule has 3 aromatic carbocycles. The highest BCUT2D eigenvalue weighted by molar-refractivity contribution is 7.90. The van der Waals surface area contributed by atoms with Crippen molar-refractivity contribution in [2.45, 2.75) is 4.90 Å². The number of carbonyl (C=O) groups excluding carboxylic acids is 1. The average Bonchev–Trinajstić information content (AvgIpc) is 2.77. The Morgan fingerprint density at radius 2 is 1.76 bits per heavy atom. The van der Waals surface area contributed by atoms with Gasteiger partial charge in [0.1, 0.15) is 0 Å². The van der Waals surface area contributed by atoms with Gasteiger partial charge in [0.25, 0.3) is 5.91 Å². The van der Waals surface area contributed by atoms with Gasteiger partial charge >= 0.3 is 0 Å². The summed E-state index contributed by atoms with van der Waals surface area (Å²) in [7, 11) is 0.581. The SMILES string of the molecule is CN(C)c1ccc2nc(-c3cccc(NC(=O)c4ccc(S(C)(=O)=O)cc4Cl)c3)ccc2c1. The van der Waals surface area contributed by atoms with Crippen LogP contribution in [0.25, 0.3) is 22.2 Å². The molecule has 0 aliphatic rings. The highest BCUT2D eigenvalue weighted by Gasteiger charge is 2.15. The van der Waals surface area contributed by atoms with Gasteiger partial charge < -0.3 is 10.2 Å². The maximum absolute atomic E-state index is 12.7. The lowest BCUT2D eigenvalue weighted by Crippen LogP contribution is -2.13. The molecule has 0 fully saturated rings. The Kier molecular flexibility index (Phi) is 6.10. The van der Waals surface area contributed by atoms with Gasteiger partial charge in [0, 0.05) is 42.7 Å². The lowest BCUT2D eigenvalue weighted by Gasteiger charge is -2.13. The van der Waals surface area contributed by atoms with E-state index < -0.39 is 15.7 Å². The lowest BCUT2D eigenvalue weighted by molar-refractivity contribution is 0.102. The van der Waals surface area contributed by atoms with E-state index >= 15 is 0 Å². The van der Waals surface area contributed by atoms with Gasteiger partial charge in [-0.3, -0.25) is 4.79 Å². The zero-order valence-corrected chi connectivity index (χ0v) is 19.9. The topological polar surface area (TPSA) is 79.4 Å². The number of pyridine rings is 1. The number of benzene rings is 3. The van der Waals surface area contributed by atoms with Crippen LogP contribution < -0.4 is 10.2 Å². The van der Waals surface area contributed by atoms with E-state index in [2.05, 4.69) is 11.4 Å².